The van der Waals surface area contributed by atoms with Gasteiger partial charge in [0, 0.05) is 0 Å². The van der Waals surface area contributed by atoms with Gasteiger partial charge in [-0.05, 0) is 31.5 Å². The molecule has 0 aromatic heterocycles. The van der Waals surface area contributed by atoms with Crippen LogP contribution in [0.4, 0.5) is 0 Å². The third kappa shape index (κ3) is 6.26. The quantitative estimate of drug-likeness (QED) is 0.370. The molecule has 0 heterocycles. The molecule has 0 unspecified atom stereocenters. The Morgan fingerprint density at radius 2 is 1.74 bits per heavy atom. The Bertz CT molecular complexity index is 525. The molecule has 0 aliphatic rings. The van der Waals surface area contributed by atoms with Gasteiger partial charge in [-0.3, -0.25) is 9.59 Å². The second kappa shape index (κ2) is 10.3. The lowest BCUT2D eigenvalue weighted by atomic mass is 10.0. The lowest BCUT2D eigenvalue weighted by molar-refractivity contribution is -0.139. The average molecular weight is 342 g/mol. The molecule has 0 atom stereocenters. The minimum absolute atomic E-state index is 0.104. The van der Waals surface area contributed by atoms with Gasteiger partial charge in [0.15, 0.2) is 14.2 Å². The van der Waals surface area contributed by atoms with Crippen molar-refractivity contribution in [2.24, 2.45) is 0 Å². The lowest BCUT2D eigenvalue weighted by Gasteiger charge is -2.16. The maximum atomic E-state index is 12.6. The first-order chi connectivity index (χ1) is 11.0. The third-order valence-electron chi connectivity index (χ3n) is 2.96. The second-order valence-electron chi connectivity index (χ2n) is 4.54. The highest BCUT2D eigenvalue weighted by molar-refractivity contribution is 7.48. The molecular formula is C16H23O6P. The van der Waals surface area contributed by atoms with Gasteiger partial charge < -0.3 is 18.5 Å². The van der Waals surface area contributed by atoms with E-state index in [-0.39, 0.29) is 24.3 Å². The van der Waals surface area contributed by atoms with Crippen molar-refractivity contribution < 1.29 is 28.1 Å². The minimum atomic E-state index is -1.27. The number of rotatable bonds is 10. The number of hydrogen-bond donors (Lipinski definition) is 0. The van der Waals surface area contributed by atoms with Crippen molar-refractivity contribution in [1.82, 2.24) is 0 Å². The maximum Gasteiger partial charge on any atom is 0.309 e. The fourth-order valence-electron chi connectivity index (χ4n) is 1.94. The number of Topliss-reactive ketones (excluding diaryl/α,β-unsaturated/α-hetero) is 1. The van der Waals surface area contributed by atoms with Crippen LogP contribution in [0.3, 0.4) is 0 Å². The normalized spacial score (nSPS) is 10.7. The average Bonchev–Trinajstić information content (AvgIpc) is 2.55. The molecule has 23 heavy (non-hydrogen) atoms. The van der Waals surface area contributed by atoms with Gasteiger partial charge in [0.05, 0.1) is 45.6 Å². The van der Waals surface area contributed by atoms with Gasteiger partial charge in [-0.1, -0.05) is 6.07 Å². The van der Waals surface area contributed by atoms with Gasteiger partial charge in [-0.15, -0.1) is 0 Å². The van der Waals surface area contributed by atoms with Crippen molar-refractivity contribution in [3.05, 3.63) is 29.3 Å². The zero-order valence-corrected chi connectivity index (χ0v) is 14.9. The van der Waals surface area contributed by atoms with E-state index in [9.17, 15) is 9.59 Å². The number of carbonyl (C=O) groups excluding carboxylic acids is 2. The maximum absolute atomic E-state index is 12.6. The van der Waals surface area contributed by atoms with E-state index in [2.05, 4.69) is 4.74 Å². The van der Waals surface area contributed by atoms with Crippen molar-refractivity contribution in [3.8, 4) is 5.75 Å². The van der Waals surface area contributed by atoms with Crippen LogP contribution in [0.15, 0.2) is 18.2 Å². The van der Waals surface area contributed by atoms with Crippen LogP contribution in [0.5, 0.6) is 5.75 Å². The van der Waals surface area contributed by atoms with Gasteiger partial charge in [-0.25, -0.2) is 0 Å². The SMILES string of the molecule is CCOP(CC(=O)c1cc(CC(=O)OC)ccc1OC)OCC. The summed E-state index contributed by atoms with van der Waals surface area (Å²) in [5.74, 6) is -0.0346. The number of ketones is 1. The molecule has 0 radical (unpaired) electrons. The van der Waals surface area contributed by atoms with Crippen molar-refractivity contribution in [1.29, 1.82) is 0 Å². The zero-order chi connectivity index (χ0) is 17.2. The summed E-state index contributed by atoms with van der Waals surface area (Å²) in [6.45, 7) is 4.68. The summed E-state index contributed by atoms with van der Waals surface area (Å²) in [6, 6.07) is 5.07. The first kappa shape index (κ1) is 19.6. The van der Waals surface area contributed by atoms with Gasteiger partial charge in [-0.2, -0.15) is 0 Å². The monoisotopic (exact) mass is 342 g/mol. The van der Waals surface area contributed by atoms with Crippen LogP contribution in [-0.4, -0.2) is 45.3 Å². The summed E-state index contributed by atoms with van der Waals surface area (Å²) in [5, 5.41) is 0. The van der Waals surface area contributed by atoms with Crippen LogP contribution in [0.25, 0.3) is 0 Å². The van der Waals surface area contributed by atoms with Crippen LogP contribution in [0, 0.1) is 0 Å². The predicted molar refractivity (Wildman–Crippen MR) is 88.1 cm³/mol. The van der Waals surface area contributed by atoms with Crippen LogP contribution >= 0.6 is 8.38 Å². The first-order valence-electron chi connectivity index (χ1n) is 7.35. The second-order valence-corrected chi connectivity index (χ2v) is 6.04. The number of hydrogen-bond acceptors (Lipinski definition) is 6. The molecule has 0 aliphatic carbocycles. The molecule has 6 nitrogen and oxygen atoms in total. The molecule has 7 heteroatoms. The van der Waals surface area contributed by atoms with E-state index < -0.39 is 8.38 Å². The highest BCUT2D eigenvalue weighted by atomic mass is 31.2. The third-order valence-corrected chi connectivity index (χ3v) is 4.60. The van der Waals surface area contributed by atoms with Gasteiger partial charge in [0.25, 0.3) is 0 Å². The van der Waals surface area contributed by atoms with E-state index in [1.807, 2.05) is 13.8 Å². The van der Waals surface area contributed by atoms with Crippen molar-refractivity contribution in [2.45, 2.75) is 20.3 Å². The molecule has 1 rings (SSSR count). The van der Waals surface area contributed by atoms with Crippen LogP contribution in [0.2, 0.25) is 0 Å². The van der Waals surface area contributed by atoms with Gasteiger partial charge in [0.1, 0.15) is 5.75 Å². The van der Waals surface area contributed by atoms with Crippen molar-refractivity contribution >= 4 is 20.1 Å². The van der Waals surface area contributed by atoms with Crippen molar-refractivity contribution in [3.63, 3.8) is 0 Å². The van der Waals surface area contributed by atoms with Crippen LogP contribution < -0.4 is 4.74 Å². The van der Waals surface area contributed by atoms with Crippen molar-refractivity contribution in [2.75, 3.05) is 33.6 Å². The standard InChI is InChI=1S/C16H23O6P/c1-5-21-23(22-6-2)11-14(17)13-9-12(10-16(18)20-4)7-8-15(13)19-3/h7-9H,5-6,10-11H2,1-4H3. The Kier molecular flexibility index (Phi) is 8.77. The number of methoxy groups -OCH3 is 2. The summed E-state index contributed by atoms with van der Waals surface area (Å²) in [5.41, 5.74) is 1.11. The Morgan fingerprint density at radius 1 is 1.09 bits per heavy atom. The Labute approximate surface area is 138 Å². The summed E-state index contributed by atoms with van der Waals surface area (Å²) in [4.78, 5) is 23.9. The van der Waals surface area contributed by atoms with E-state index in [1.165, 1.54) is 14.2 Å². The first-order valence-corrected chi connectivity index (χ1v) is 8.72. The lowest BCUT2D eigenvalue weighted by Crippen LogP contribution is -2.11. The van der Waals surface area contributed by atoms with E-state index in [0.29, 0.717) is 30.1 Å². The summed E-state index contributed by atoms with van der Waals surface area (Å²) in [6.07, 6.45) is 0.251. The van der Waals surface area contributed by atoms with E-state index in [0.717, 1.165) is 0 Å². The zero-order valence-electron chi connectivity index (χ0n) is 14.0. The summed E-state index contributed by atoms with van der Waals surface area (Å²) >= 11 is 0. The molecular weight excluding hydrogens is 319 g/mol. The molecule has 0 fully saturated rings. The Balaban J connectivity index is 2.95. The fourth-order valence-corrected chi connectivity index (χ4v) is 3.18. The molecule has 0 bridgehead atoms. The number of carbonyl (C=O) groups is 2. The molecule has 0 saturated heterocycles. The molecule has 0 spiro atoms. The minimum Gasteiger partial charge on any atom is -0.496 e. The Hall–Kier alpha value is -1.49. The molecule has 1 aromatic carbocycles. The topological polar surface area (TPSA) is 71.1 Å². The molecule has 0 aliphatic heterocycles. The van der Waals surface area contributed by atoms with E-state index >= 15 is 0 Å². The van der Waals surface area contributed by atoms with Crippen LogP contribution in [0.1, 0.15) is 29.8 Å². The highest BCUT2D eigenvalue weighted by Crippen LogP contribution is 2.39. The highest BCUT2D eigenvalue weighted by Gasteiger charge is 2.20. The van der Waals surface area contributed by atoms with Gasteiger partial charge in [0.2, 0.25) is 0 Å². The smallest absolute Gasteiger partial charge is 0.309 e. The predicted octanol–water partition coefficient (Wildman–Crippen LogP) is 2.98. The number of esters is 1. The summed E-state index contributed by atoms with van der Waals surface area (Å²) < 4.78 is 20.8. The summed E-state index contributed by atoms with van der Waals surface area (Å²) in [7, 11) is 1.56. The molecule has 128 valence electrons. The van der Waals surface area contributed by atoms with E-state index in [1.54, 1.807) is 18.2 Å². The van der Waals surface area contributed by atoms with E-state index in [4.69, 9.17) is 13.8 Å². The molecule has 0 N–H and O–H groups in total. The molecule has 1 aromatic rings. The van der Waals surface area contributed by atoms with Crippen LogP contribution in [-0.2, 0) is 25.0 Å². The fraction of sp³-hybridized carbons (Fsp3) is 0.500. The Morgan fingerprint density at radius 3 is 2.26 bits per heavy atom. The number of benzene rings is 1. The molecule has 0 amide bonds. The molecule has 0 saturated carbocycles. The van der Waals surface area contributed by atoms with Gasteiger partial charge >= 0.3 is 5.97 Å². The largest absolute Gasteiger partial charge is 0.496 e. The number of ether oxygens (including phenoxy) is 2.